The molecule has 0 unspecified atom stereocenters. The van der Waals surface area contributed by atoms with Gasteiger partial charge in [-0.2, -0.15) is 4.98 Å². The maximum Gasteiger partial charge on any atom is 0.229 e. The number of nitrogens with zero attached hydrogens (tertiary/aromatic N) is 7. The molecule has 3 aromatic heterocycles. The summed E-state index contributed by atoms with van der Waals surface area (Å²) in [4.78, 5) is 21.2. The van der Waals surface area contributed by atoms with Crippen LogP contribution < -0.4 is 25.6 Å². The predicted molar refractivity (Wildman–Crippen MR) is 187 cm³/mol. The van der Waals surface area contributed by atoms with Crippen molar-refractivity contribution >= 4 is 62.7 Å². The molecule has 2 aliphatic rings. The summed E-state index contributed by atoms with van der Waals surface area (Å²) in [6, 6.07) is 6.88. The number of benzene rings is 1. The van der Waals surface area contributed by atoms with Gasteiger partial charge in [-0.3, -0.25) is 4.90 Å². The molecule has 2 saturated heterocycles. The lowest BCUT2D eigenvalue weighted by Crippen LogP contribution is -2.52. The number of aromatic nitrogens is 4. The van der Waals surface area contributed by atoms with E-state index in [9.17, 15) is 4.57 Å². The van der Waals surface area contributed by atoms with Crippen LogP contribution in [0.25, 0.3) is 5.52 Å². The molecule has 13 heteroatoms. The maximum atomic E-state index is 13.3. The summed E-state index contributed by atoms with van der Waals surface area (Å²) in [6.07, 6.45) is 10.3. The number of anilines is 5. The first kappa shape index (κ1) is 31.8. The SMILES string of the molecule is CCc1cc(Nc2ncc(Br)c(Nc3ccn4cncc4c3P(C)(C)=O)n2)c(OC)cc1N1CCC(N2CCN(C)CC2)CC1. The minimum Gasteiger partial charge on any atom is -0.494 e. The third-order valence-corrected chi connectivity index (χ3v) is 11.1. The predicted octanol–water partition coefficient (Wildman–Crippen LogP) is 5.41. The Bertz CT molecular complexity index is 1710. The first-order valence-corrected chi connectivity index (χ1v) is 19.0. The monoisotopic (exact) mass is 695 g/mol. The van der Waals surface area contributed by atoms with Crippen molar-refractivity contribution in [3.63, 3.8) is 0 Å². The fraction of sp³-hybridized carbons (Fsp3) is 0.469. The Labute approximate surface area is 273 Å². The van der Waals surface area contributed by atoms with Gasteiger partial charge in [0.25, 0.3) is 0 Å². The molecule has 2 aliphatic heterocycles. The number of halogens is 1. The summed E-state index contributed by atoms with van der Waals surface area (Å²) in [5, 5.41) is 7.51. The van der Waals surface area contributed by atoms with Crippen molar-refractivity contribution in [3.05, 3.63) is 53.2 Å². The molecular weight excluding hydrogens is 653 g/mol. The van der Waals surface area contributed by atoms with E-state index < -0.39 is 7.14 Å². The van der Waals surface area contributed by atoms with Crippen LogP contribution in [0.15, 0.2) is 47.6 Å². The molecule has 4 aromatic rings. The molecule has 0 atom stereocenters. The minimum absolute atomic E-state index is 0.421. The molecule has 2 fully saturated rings. The number of hydrogen-bond acceptors (Lipinski definition) is 10. The van der Waals surface area contributed by atoms with Crippen LogP contribution >= 0.6 is 23.1 Å². The van der Waals surface area contributed by atoms with Gasteiger partial charge < -0.3 is 34.1 Å². The molecule has 0 radical (unpaired) electrons. The first-order chi connectivity index (χ1) is 21.6. The summed E-state index contributed by atoms with van der Waals surface area (Å²) in [7, 11) is 1.26. The average Bonchev–Trinajstić information content (AvgIpc) is 3.51. The van der Waals surface area contributed by atoms with E-state index in [4.69, 9.17) is 9.72 Å². The highest BCUT2D eigenvalue weighted by atomic mass is 79.9. The number of rotatable bonds is 9. The van der Waals surface area contributed by atoms with Crippen molar-refractivity contribution in [1.29, 1.82) is 0 Å². The van der Waals surface area contributed by atoms with E-state index in [1.807, 2.05) is 16.7 Å². The van der Waals surface area contributed by atoms with Crippen LogP contribution in [0, 0.1) is 0 Å². The van der Waals surface area contributed by atoms with Crippen molar-refractivity contribution in [2.45, 2.75) is 32.2 Å². The molecule has 0 saturated carbocycles. The second-order valence-electron chi connectivity index (χ2n) is 12.3. The normalized spacial score (nSPS) is 17.2. The van der Waals surface area contributed by atoms with E-state index >= 15 is 0 Å². The summed E-state index contributed by atoms with van der Waals surface area (Å²) >= 11 is 3.59. The molecule has 11 nitrogen and oxygen atoms in total. The summed E-state index contributed by atoms with van der Waals surface area (Å²) < 4.78 is 21.8. The van der Waals surface area contributed by atoms with Crippen molar-refractivity contribution in [2.24, 2.45) is 0 Å². The number of likely N-dealkylation sites (N-methyl/N-ethyl adjacent to an activating group) is 1. The van der Waals surface area contributed by atoms with Gasteiger partial charge in [0.1, 0.15) is 18.7 Å². The zero-order valence-electron chi connectivity index (χ0n) is 26.8. The highest BCUT2D eigenvalue weighted by Gasteiger charge is 2.28. The highest BCUT2D eigenvalue weighted by Crippen LogP contribution is 2.41. The van der Waals surface area contributed by atoms with Crippen LogP contribution in [0.4, 0.5) is 28.8 Å². The largest absolute Gasteiger partial charge is 0.494 e. The number of fused-ring (bicyclic) bond motifs is 1. The van der Waals surface area contributed by atoms with E-state index in [1.54, 1.807) is 39.2 Å². The van der Waals surface area contributed by atoms with Crippen molar-refractivity contribution in [3.8, 4) is 5.75 Å². The zero-order chi connectivity index (χ0) is 31.7. The van der Waals surface area contributed by atoms with Crippen LogP contribution in [-0.2, 0) is 11.0 Å². The van der Waals surface area contributed by atoms with E-state index in [2.05, 4.69) is 77.3 Å². The lowest BCUT2D eigenvalue weighted by atomic mass is 9.99. The molecule has 0 aliphatic carbocycles. The third-order valence-electron chi connectivity index (χ3n) is 8.99. The van der Waals surface area contributed by atoms with Crippen molar-refractivity contribution in [1.82, 2.24) is 29.2 Å². The molecular formula is C32H43BrN9O2P. The highest BCUT2D eigenvalue weighted by molar-refractivity contribution is 9.10. The van der Waals surface area contributed by atoms with Gasteiger partial charge in [-0.25, -0.2) is 9.97 Å². The fourth-order valence-corrected chi connectivity index (χ4v) is 8.25. The quantitative estimate of drug-likeness (QED) is 0.221. The Morgan fingerprint density at radius 3 is 2.49 bits per heavy atom. The molecule has 6 rings (SSSR count). The molecule has 5 heterocycles. The zero-order valence-corrected chi connectivity index (χ0v) is 29.2. The van der Waals surface area contributed by atoms with Gasteiger partial charge in [-0.05, 0) is 73.3 Å². The van der Waals surface area contributed by atoms with Gasteiger partial charge in [0, 0.05) is 69.5 Å². The summed E-state index contributed by atoms with van der Waals surface area (Å²) in [5.74, 6) is 1.72. The van der Waals surface area contributed by atoms with Crippen LogP contribution in [0.2, 0.25) is 0 Å². The number of aryl methyl sites for hydroxylation is 1. The number of methoxy groups -OCH3 is 1. The average molecular weight is 697 g/mol. The topological polar surface area (TPSA) is 103 Å². The van der Waals surface area contributed by atoms with E-state index in [1.165, 1.54) is 37.2 Å². The van der Waals surface area contributed by atoms with Crippen LogP contribution in [-0.4, -0.2) is 102 Å². The van der Waals surface area contributed by atoms with Crippen molar-refractivity contribution in [2.75, 3.05) is 82.3 Å². The number of piperidine rings is 1. The van der Waals surface area contributed by atoms with Gasteiger partial charge in [0.15, 0.2) is 0 Å². The minimum atomic E-state index is -2.66. The van der Waals surface area contributed by atoms with Gasteiger partial charge in [0.05, 0.1) is 46.3 Å². The number of ether oxygens (including phenoxy) is 1. The lowest BCUT2D eigenvalue weighted by Gasteiger charge is -2.43. The summed E-state index contributed by atoms with van der Waals surface area (Å²) in [6.45, 7) is 12.5. The summed E-state index contributed by atoms with van der Waals surface area (Å²) in [5.41, 5.74) is 4.83. The molecule has 2 N–H and O–H groups in total. The van der Waals surface area contributed by atoms with Gasteiger partial charge in [-0.1, -0.05) is 6.92 Å². The Morgan fingerprint density at radius 2 is 1.80 bits per heavy atom. The fourth-order valence-electron chi connectivity index (χ4n) is 6.53. The van der Waals surface area contributed by atoms with E-state index in [0.29, 0.717) is 28.0 Å². The Kier molecular flexibility index (Phi) is 9.38. The number of hydrogen-bond donors (Lipinski definition) is 2. The Hall–Kier alpha value is -3.18. The van der Waals surface area contributed by atoms with Gasteiger partial charge in [-0.15, -0.1) is 0 Å². The smallest absolute Gasteiger partial charge is 0.229 e. The maximum absolute atomic E-state index is 13.3. The van der Waals surface area contributed by atoms with Gasteiger partial charge in [0.2, 0.25) is 5.95 Å². The number of nitrogens with one attached hydrogen (secondary N) is 2. The van der Waals surface area contributed by atoms with Gasteiger partial charge >= 0.3 is 0 Å². The third kappa shape index (κ3) is 6.84. The van der Waals surface area contributed by atoms with Crippen LogP contribution in [0.1, 0.15) is 25.3 Å². The lowest BCUT2D eigenvalue weighted by molar-refractivity contribution is 0.0982. The van der Waals surface area contributed by atoms with Crippen LogP contribution in [0.3, 0.4) is 0 Å². The molecule has 240 valence electrons. The second-order valence-corrected chi connectivity index (χ2v) is 16.4. The number of pyridine rings is 1. The second kappa shape index (κ2) is 13.3. The number of imidazole rings is 1. The Morgan fingerprint density at radius 1 is 1.04 bits per heavy atom. The van der Waals surface area contributed by atoms with E-state index in [0.717, 1.165) is 54.9 Å². The molecule has 1 aromatic carbocycles. The van der Waals surface area contributed by atoms with Crippen LogP contribution in [0.5, 0.6) is 5.75 Å². The molecule has 0 spiro atoms. The van der Waals surface area contributed by atoms with E-state index in [-0.39, 0.29) is 0 Å². The molecule has 0 amide bonds. The Balaban J connectivity index is 1.22. The number of piperazine rings is 1. The molecule has 0 bridgehead atoms. The standard InChI is InChI=1S/C32H43BrN9O2P/c1-6-22-17-26(29(44-3)18-27(22)41-10-7-23(8-11-41)40-15-13-39(2)14-16-40)37-32-35-19-24(33)31(38-32)36-25-9-12-42-21-34-20-28(42)30(25)45(4,5)43/h9,12,17-21,23H,6-8,10-11,13-16H2,1-5H3,(H2,35,36,37,38). The molecule has 45 heavy (non-hydrogen) atoms. The first-order valence-electron chi connectivity index (χ1n) is 15.6. The van der Waals surface area contributed by atoms with Crippen molar-refractivity contribution < 1.29 is 9.30 Å².